The van der Waals surface area contributed by atoms with Crippen LogP contribution in [0.5, 0.6) is 0 Å². The highest BCUT2D eigenvalue weighted by atomic mass is 19.1. The van der Waals surface area contributed by atoms with Gasteiger partial charge >= 0.3 is 0 Å². The number of nitrogens with zero attached hydrogens (tertiary/aromatic N) is 3. The summed E-state index contributed by atoms with van der Waals surface area (Å²) >= 11 is 0. The van der Waals surface area contributed by atoms with Gasteiger partial charge in [0.2, 0.25) is 0 Å². The molecule has 3 N–H and O–H groups in total. The molecular weight excluding hydrogens is 525 g/mol. The summed E-state index contributed by atoms with van der Waals surface area (Å²) in [6.45, 7) is 6.17. The van der Waals surface area contributed by atoms with Crippen LogP contribution in [0, 0.1) is 17.8 Å². The largest absolute Gasteiger partial charge is 0.379 e. The summed E-state index contributed by atoms with van der Waals surface area (Å²) in [6, 6.07) is -0.605. The molecule has 3 saturated heterocycles. The molecule has 3 aliphatic carbocycles. The maximum absolute atomic E-state index is 16.1. The number of morpholine rings is 2. The monoisotopic (exact) mass is 573 g/mol. The van der Waals surface area contributed by atoms with Crippen molar-refractivity contribution < 1.29 is 23.5 Å². The zero-order valence-electron chi connectivity index (χ0n) is 24.3. The summed E-state index contributed by atoms with van der Waals surface area (Å²) in [5.41, 5.74) is 6.33. The molecular formula is C31H48FN5O4. The highest BCUT2D eigenvalue weighted by Crippen LogP contribution is 2.50. The number of ether oxygens (including phenoxy) is 2. The van der Waals surface area contributed by atoms with Gasteiger partial charge in [-0.3, -0.25) is 14.5 Å². The van der Waals surface area contributed by atoms with E-state index in [0.717, 1.165) is 65.0 Å². The van der Waals surface area contributed by atoms with E-state index in [1.807, 2.05) is 6.20 Å². The lowest BCUT2D eigenvalue weighted by atomic mass is 9.64. The van der Waals surface area contributed by atoms with E-state index in [4.69, 9.17) is 15.2 Å². The molecule has 4 heterocycles. The average Bonchev–Trinajstić information content (AvgIpc) is 3.44. The third-order valence-corrected chi connectivity index (χ3v) is 11.4. The van der Waals surface area contributed by atoms with Crippen LogP contribution in [0.2, 0.25) is 0 Å². The van der Waals surface area contributed by atoms with E-state index in [2.05, 4.69) is 15.1 Å². The summed E-state index contributed by atoms with van der Waals surface area (Å²) in [4.78, 5) is 34.0. The van der Waals surface area contributed by atoms with E-state index in [1.54, 1.807) is 4.90 Å². The number of rotatable bonds is 6. The fourth-order valence-corrected chi connectivity index (χ4v) is 9.29. The number of ketones is 1. The van der Waals surface area contributed by atoms with Crippen molar-refractivity contribution in [3.8, 4) is 0 Å². The topological polar surface area (TPSA) is 100 Å². The maximum atomic E-state index is 16.1. The second-order valence-corrected chi connectivity index (χ2v) is 13.7. The first-order valence-electron chi connectivity index (χ1n) is 16.4. The molecule has 0 aromatic heterocycles. The Hall–Kier alpha value is -1.59. The Labute approximate surface area is 243 Å². The Bertz CT molecular complexity index is 1020. The number of hydrogen-bond acceptors (Lipinski definition) is 8. The van der Waals surface area contributed by atoms with Crippen molar-refractivity contribution in [3.05, 3.63) is 11.8 Å². The molecule has 0 aromatic carbocycles. The van der Waals surface area contributed by atoms with Gasteiger partial charge in [-0.25, -0.2) is 4.39 Å². The van der Waals surface area contributed by atoms with E-state index in [0.29, 0.717) is 31.5 Å². The van der Waals surface area contributed by atoms with Gasteiger partial charge in [-0.15, -0.1) is 0 Å². The van der Waals surface area contributed by atoms with Crippen molar-refractivity contribution in [3.63, 3.8) is 0 Å². The number of carbonyl (C=O) groups is 2. The second kappa shape index (κ2) is 11.8. The van der Waals surface area contributed by atoms with Crippen molar-refractivity contribution in [1.29, 1.82) is 0 Å². The molecule has 6 fully saturated rings. The fourth-order valence-electron chi connectivity index (χ4n) is 9.29. The van der Waals surface area contributed by atoms with Crippen molar-refractivity contribution in [2.75, 3.05) is 52.5 Å². The molecule has 7 aliphatic rings. The maximum Gasteiger partial charge on any atom is 0.259 e. The van der Waals surface area contributed by atoms with E-state index in [1.165, 1.54) is 19.3 Å². The summed E-state index contributed by atoms with van der Waals surface area (Å²) in [5, 5.41) is 3.56. The first-order chi connectivity index (χ1) is 20.0. The Morgan fingerprint density at radius 2 is 1.90 bits per heavy atom. The van der Waals surface area contributed by atoms with Gasteiger partial charge < -0.3 is 30.3 Å². The van der Waals surface area contributed by atoms with Gasteiger partial charge in [-0.1, -0.05) is 19.3 Å². The predicted molar refractivity (Wildman–Crippen MR) is 152 cm³/mol. The van der Waals surface area contributed by atoms with E-state index < -0.39 is 24.2 Å². The third-order valence-electron chi connectivity index (χ3n) is 11.4. The molecule has 9 unspecified atom stereocenters. The van der Waals surface area contributed by atoms with Gasteiger partial charge in [-0.05, 0) is 63.5 Å². The van der Waals surface area contributed by atoms with Crippen LogP contribution in [-0.2, 0) is 19.1 Å². The molecule has 4 aliphatic heterocycles. The highest BCUT2D eigenvalue weighted by molar-refractivity contribution is 6.20. The fraction of sp³-hybridized carbons (Fsp3) is 0.871. The molecule has 10 atom stereocenters. The molecule has 9 nitrogen and oxygen atoms in total. The second-order valence-electron chi connectivity index (χ2n) is 13.7. The number of hydrogen-bond donors (Lipinski definition) is 2. The number of nitrogens with one attached hydrogen (secondary N) is 1. The van der Waals surface area contributed by atoms with Crippen molar-refractivity contribution >= 4 is 11.7 Å². The number of fused-ring (bicyclic) bond motifs is 4. The molecule has 1 amide bonds. The first kappa shape index (κ1) is 28.2. The van der Waals surface area contributed by atoms with Crippen LogP contribution in [0.15, 0.2) is 11.8 Å². The van der Waals surface area contributed by atoms with Crippen LogP contribution < -0.4 is 11.1 Å². The highest BCUT2D eigenvalue weighted by Gasteiger charge is 2.60. The third kappa shape index (κ3) is 5.26. The number of halogens is 1. The molecule has 0 spiro atoms. The van der Waals surface area contributed by atoms with Crippen LogP contribution in [0.1, 0.15) is 57.8 Å². The number of alkyl halides is 1. The van der Waals surface area contributed by atoms with Crippen LogP contribution in [0.3, 0.4) is 0 Å². The zero-order chi connectivity index (χ0) is 28.1. The molecule has 0 radical (unpaired) electrons. The van der Waals surface area contributed by atoms with E-state index in [-0.39, 0.29) is 47.9 Å². The van der Waals surface area contributed by atoms with Gasteiger partial charge in [0.1, 0.15) is 6.17 Å². The Morgan fingerprint density at radius 3 is 2.71 bits per heavy atom. The van der Waals surface area contributed by atoms with Gasteiger partial charge in [0, 0.05) is 44.3 Å². The van der Waals surface area contributed by atoms with Crippen LogP contribution >= 0.6 is 0 Å². The minimum Gasteiger partial charge on any atom is -0.379 e. The van der Waals surface area contributed by atoms with Crippen molar-refractivity contribution in [2.24, 2.45) is 23.5 Å². The number of amides is 1. The molecule has 228 valence electrons. The van der Waals surface area contributed by atoms with Crippen LogP contribution in [-0.4, -0.2) is 121 Å². The van der Waals surface area contributed by atoms with Crippen molar-refractivity contribution in [2.45, 2.75) is 100 Å². The summed E-state index contributed by atoms with van der Waals surface area (Å²) in [6.07, 6.45) is 9.14. The minimum atomic E-state index is -1.20. The lowest BCUT2D eigenvalue weighted by molar-refractivity contribution is -0.220. The van der Waals surface area contributed by atoms with Gasteiger partial charge in [0.15, 0.2) is 5.78 Å². The number of Topliss-reactive ketones (excluding diaryl/α,β-unsaturated/α-hetero) is 1. The SMILES string of the molecule is N[C@@H]1CCN(C(=O)C2=CN3C4CCC5CCCCC5C4OC4C(NCCCN5CCOCC5)C(F)CC(C2=O)C43)C1. The Kier molecular flexibility index (Phi) is 8.14. The number of nitrogens with two attached hydrogens (primary N) is 1. The summed E-state index contributed by atoms with van der Waals surface area (Å²) in [7, 11) is 0. The average molecular weight is 574 g/mol. The summed E-state index contributed by atoms with van der Waals surface area (Å²) in [5.74, 6) is 0.122. The Balaban J connectivity index is 1.15. The van der Waals surface area contributed by atoms with Crippen LogP contribution in [0.25, 0.3) is 0 Å². The summed E-state index contributed by atoms with van der Waals surface area (Å²) < 4.78 is 28.6. The van der Waals surface area contributed by atoms with E-state index in [9.17, 15) is 9.59 Å². The standard InChI is InChI=1S/C31H48FN5O4/c32-24-16-22-27-30(26(24)34-9-3-10-35-12-14-40-15-13-35)41-29-21-5-2-1-4-19(21)6-7-25(29)37(27)18-23(28(22)38)31(39)36-11-8-20(33)17-36/h18-22,24-27,29-30,34H,1-17,33H2/t19?,20-,21?,22?,24?,25?,26?,27?,29?,30?/m1/s1. The smallest absolute Gasteiger partial charge is 0.259 e. The minimum absolute atomic E-state index is 0.0138. The first-order valence-corrected chi connectivity index (χ1v) is 16.4. The lowest BCUT2D eigenvalue weighted by Gasteiger charge is -2.61. The number of likely N-dealkylation sites (tertiary alicyclic amines) is 1. The Morgan fingerprint density at radius 1 is 1.07 bits per heavy atom. The zero-order valence-corrected chi connectivity index (χ0v) is 24.3. The number of carbonyl (C=O) groups excluding carboxylic acids is 2. The van der Waals surface area contributed by atoms with Gasteiger partial charge in [0.25, 0.3) is 5.91 Å². The molecule has 3 saturated carbocycles. The normalized spacial score (nSPS) is 42.8. The van der Waals surface area contributed by atoms with E-state index >= 15 is 4.39 Å². The predicted octanol–water partition coefficient (Wildman–Crippen LogP) is 1.46. The van der Waals surface area contributed by atoms with Crippen LogP contribution in [0.4, 0.5) is 4.39 Å². The van der Waals surface area contributed by atoms with Gasteiger partial charge in [0.05, 0.1) is 49.1 Å². The van der Waals surface area contributed by atoms with Crippen molar-refractivity contribution in [1.82, 2.24) is 20.0 Å². The van der Waals surface area contributed by atoms with Gasteiger partial charge in [-0.2, -0.15) is 0 Å². The molecule has 7 rings (SSSR count). The quantitative estimate of drug-likeness (QED) is 0.364. The molecule has 0 bridgehead atoms. The molecule has 0 aromatic rings. The molecule has 41 heavy (non-hydrogen) atoms. The molecule has 10 heteroatoms. The lowest BCUT2D eigenvalue weighted by Crippen LogP contribution is -2.74.